The summed E-state index contributed by atoms with van der Waals surface area (Å²) in [5, 5.41) is 9.60. The highest BCUT2D eigenvalue weighted by molar-refractivity contribution is 5.77. The Balaban J connectivity index is 2.35. The number of hydrogen-bond acceptors (Lipinski definition) is 3. The molecule has 0 radical (unpaired) electrons. The Morgan fingerprint density at radius 3 is 2.36 bits per heavy atom. The topological polar surface area (TPSA) is 55.8 Å². The molecular formula is C18H20O4. The summed E-state index contributed by atoms with van der Waals surface area (Å²) < 4.78 is 10.5. The third-order valence-electron chi connectivity index (χ3n) is 3.74. The first kappa shape index (κ1) is 15.9. The number of benzene rings is 2. The number of hydrogen-bond donors (Lipinski definition) is 1. The van der Waals surface area contributed by atoms with Gasteiger partial charge in [0.05, 0.1) is 20.1 Å². The Morgan fingerprint density at radius 1 is 1.09 bits per heavy atom. The van der Waals surface area contributed by atoms with E-state index in [0.29, 0.717) is 12.2 Å². The number of aryl methyl sites for hydroxylation is 1. The summed E-state index contributed by atoms with van der Waals surface area (Å²) >= 11 is 0. The van der Waals surface area contributed by atoms with E-state index in [-0.39, 0.29) is 0 Å². The van der Waals surface area contributed by atoms with Crippen LogP contribution in [0.15, 0.2) is 42.5 Å². The minimum absolute atomic E-state index is 0.380. The fourth-order valence-electron chi connectivity index (χ4n) is 2.56. The van der Waals surface area contributed by atoms with Gasteiger partial charge in [0.15, 0.2) is 0 Å². The van der Waals surface area contributed by atoms with Crippen LogP contribution in [0.4, 0.5) is 0 Å². The molecule has 0 aromatic heterocycles. The Morgan fingerprint density at radius 2 is 1.77 bits per heavy atom. The van der Waals surface area contributed by atoms with E-state index < -0.39 is 11.9 Å². The second-order valence-electron chi connectivity index (χ2n) is 5.14. The molecule has 1 N–H and O–H groups in total. The SMILES string of the molecule is COc1ccc(C(Cc2ccccc2OC)C(=O)O)cc1C. The fourth-order valence-corrected chi connectivity index (χ4v) is 2.56. The lowest BCUT2D eigenvalue weighted by Crippen LogP contribution is -2.15. The van der Waals surface area contributed by atoms with E-state index in [9.17, 15) is 9.90 Å². The lowest BCUT2D eigenvalue weighted by atomic mass is 9.90. The van der Waals surface area contributed by atoms with E-state index in [2.05, 4.69) is 0 Å². The van der Waals surface area contributed by atoms with Crippen LogP contribution in [0.1, 0.15) is 22.6 Å². The predicted octanol–water partition coefficient (Wildman–Crippen LogP) is 3.42. The quantitative estimate of drug-likeness (QED) is 0.888. The molecule has 0 spiro atoms. The lowest BCUT2D eigenvalue weighted by Gasteiger charge is -2.16. The summed E-state index contributed by atoms with van der Waals surface area (Å²) in [6.07, 6.45) is 0.380. The molecule has 0 aliphatic carbocycles. The zero-order valence-electron chi connectivity index (χ0n) is 13.0. The first-order valence-corrected chi connectivity index (χ1v) is 7.06. The van der Waals surface area contributed by atoms with Crippen molar-refractivity contribution in [2.45, 2.75) is 19.3 Å². The van der Waals surface area contributed by atoms with Crippen LogP contribution in [-0.4, -0.2) is 25.3 Å². The van der Waals surface area contributed by atoms with Crippen molar-refractivity contribution >= 4 is 5.97 Å². The molecule has 22 heavy (non-hydrogen) atoms. The van der Waals surface area contributed by atoms with E-state index in [4.69, 9.17) is 9.47 Å². The van der Waals surface area contributed by atoms with Crippen LogP contribution in [0, 0.1) is 6.92 Å². The smallest absolute Gasteiger partial charge is 0.311 e. The van der Waals surface area contributed by atoms with Crippen molar-refractivity contribution in [3.05, 3.63) is 59.2 Å². The van der Waals surface area contributed by atoms with E-state index in [1.807, 2.05) is 43.3 Å². The van der Waals surface area contributed by atoms with Gasteiger partial charge in [0.25, 0.3) is 0 Å². The number of para-hydroxylation sites is 1. The molecular weight excluding hydrogens is 280 g/mol. The number of rotatable bonds is 6. The van der Waals surface area contributed by atoms with Crippen molar-refractivity contribution in [3.63, 3.8) is 0 Å². The van der Waals surface area contributed by atoms with Gasteiger partial charge < -0.3 is 14.6 Å². The second-order valence-corrected chi connectivity index (χ2v) is 5.14. The fraction of sp³-hybridized carbons (Fsp3) is 0.278. The molecule has 4 heteroatoms. The number of carboxylic acids is 1. The van der Waals surface area contributed by atoms with Crippen molar-refractivity contribution in [1.29, 1.82) is 0 Å². The molecule has 0 bridgehead atoms. The van der Waals surface area contributed by atoms with Gasteiger partial charge in [-0.1, -0.05) is 30.3 Å². The van der Waals surface area contributed by atoms with Gasteiger partial charge in [-0.15, -0.1) is 0 Å². The molecule has 0 aliphatic rings. The van der Waals surface area contributed by atoms with Crippen LogP contribution in [0.2, 0.25) is 0 Å². The normalized spacial score (nSPS) is 11.8. The third-order valence-corrected chi connectivity index (χ3v) is 3.74. The van der Waals surface area contributed by atoms with Crippen LogP contribution in [0.3, 0.4) is 0 Å². The number of carboxylic acid groups (broad SMARTS) is 1. The van der Waals surface area contributed by atoms with Crippen molar-refractivity contribution < 1.29 is 19.4 Å². The van der Waals surface area contributed by atoms with Gasteiger partial charge in [-0.25, -0.2) is 0 Å². The molecule has 4 nitrogen and oxygen atoms in total. The predicted molar refractivity (Wildman–Crippen MR) is 84.8 cm³/mol. The van der Waals surface area contributed by atoms with Gasteiger partial charge in [0.2, 0.25) is 0 Å². The molecule has 0 saturated heterocycles. The third kappa shape index (κ3) is 3.39. The van der Waals surface area contributed by atoms with Crippen molar-refractivity contribution in [2.24, 2.45) is 0 Å². The largest absolute Gasteiger partial charge is 0.496 e. The second kappa shape index (κ2) is 6.98. The van der Waals surface area contributed by atoms with E-state index in [1.165, 1.54) is 0 Å². The average molecular weight is 300 g/mol. The standard InChI is InChI=1S/C18H20O4/c1-12-10-13(8-9-16(12)21-2)15(18(19)20)11-14-6-4-5-7-17(14)22-3/h4-10,15H,11H2,1-3H3,(H,19,20). The van der Waals surface area contributed by atoms with Gasteiger partial charge in [0, 0.05) is 0 Å². The number of methoxy groups -OCH3 is 2. The van der Waals surface area contributed by atoms with Gasteiger partial charge in [-0.3, -0.25) is 4.79 Å². The molecule has 0 aliphatic heterocycles. The molecule has 1 unspecified atom stereocenters. The first-order chi connectivity index (χ1) is 10.6. The summed E-state index contributed by atoms with van der Waals surface area (Å²) in [6, 6.07) is 13.0. The average Bonchev–Trinajstić information content (AvgIpc) is 2.52. The van der Waals surface area contributed by atoms with Gasteiger partial charge in [-0.2, -0.15) is 0 Å². The number of carbonyl (C=O) groups is 1. The summed E-state index contributed by atoms with van der Waals surface area (Å²) in [4.78, 5) is 11.7. The van der Waals surface area contributed by atoms with Crippen LogP contribution in [0.5, 0.6) is 11.5 Å². The summed E-state index contributed by atoms with van der Waals surface area (Å²) in [6.45, 7) is 1.91. The van der Waals surface area contributed by atoms with Gasteiger partial charge in [0.1, 0.15) is 11.5 Å². The maximum Gasteiger partial charge on any atom is 0.311 e. The minimum Gasteiger partial charge on any atom is -0.496 e. The van der Waals surface area contributed by atoms with E-state index in [1.54, 1.807) is 20.3 Å². The Bertz CT molecular complexity index is 664. The van der Waals surface area contributed by atoms with E-state index in [0.717, 1.165) is 22.4 Å². The lowest BCUT2D eigenvalue weighted by molar-refractivity contribution is -0.138. The van der Waals surface area contributed by atoms with Gasteiger partial charge in [-0.05, 0) is 42.2 Å². The molecule has 0 heterocycles. The maximum atomic E-state index is 11.7. The molecule has 0 saturated carbocycles. The summed E-state index contributed by atoms with van der Waals surface area (Å²) in [5.74, 6) is -0.0134. The highest BCUT2D eigenvalue weighted by Gasteiger charge is 2.22. The zero-order valence-corrected chi connectivity index (χ0v) is 13.0. The molecule has 2 aromatic rings. The minimum atomic E-state index is -0.851. The summed E-state index contributed by atoms with van der Waals surface area (Å²) in [7, 11) is 3.19. The molecule has 116 valence electrons. The van der Waals surface area contributed by atoms with Crippen molar-refractivity contribution in [2.75, 3.05) is 14.2 Å². The number of ether oxygens (including phenoxy) is 2. The highest BCUT2D eigenvalue weighted by atomic mass is 16.5. The Kier molecular flexibility index (Phi) is 5.04. The molecule has 2 aromatic carbocycles. The van der Waals surface area contributed by atoms with Crippen LogP contribution < -0.4 is 9.47 Å². The Labute approximate surface area is 130 Å². The molecule has 1 atom stereocenters. The Hall–Kier alpha value is -2.49. The van der Waals surface area contributed by atoms with Crippen molar-refractivity contribution in [3.8, 4) is 11.5 Å². The molecule has 0 fully saturated rings. The first-order valence-electron chi connectivity index (χ1n) is 7.06. The molecule has 0 amide bonds. The summed E-state index contributed by atoms with van der Waals surface area (Å²) in [5.41, 5.74) is 2.56. The van der Waals surface area contributed by atoms with Crippen LogP contribution >= 0.6 is 0 Å². The maximum absolute atomic E-state index is 11.7. The number of aliphatic carboxylic acids is 1. The zero-order chi connectivity index (χ0) is 16.1. The van der Waals surface area contributed by atoms with E-state index >= 15 is 0 Å². The highest BCUT2D eigenvalue weighted by Crippen LogP contribution is 2.29. The monoisotopic (exact) mass is 300 g/mol. The van der Waals surface area contributed by atoms with Crippen LogP contribution in [-0.2, 0) is 11.2 Å². The van der Waals surface area contributed by atoms with Crippen LogP contribution in [0.25, 0.3) is 0 Å². The van der Waals surface area contributed by atoms with Crippen molar-refractivity contribution in [1.82, 2.24) is 0 Å². The molecule has 2 rings (SSSR count). The van der Waals surface area contributed by atoms with Gasteiger partial charge >= 0.3 is 5.97 Å².